The number of hydrogen-bond donors (Lipinski definition) is 2. The summed E-state index contributed by atoms with van der Waals surface area (Å²) in [6.45, 7) is 5.37. The van der Waals surface area contributed by atoms with Gasteiger partial charge in [-0.15, -0.1) is 0 Å². The standard InChI is InChI=1S/C27H36N6O3/c1-18-27(35)32(3)23-8-9-24(30-25(23)33(18)22-12-16-36-17-13-22)28-20-6-4-19(5-7-20)26(34)29-21-10-14-31(2)15-11-21/h4-9,18,21-22H,10-17H2,1-3H3,(H,28,30)(H,29,34)/t18-/m1/s1. The zero-order valence-corrected chi connectivity index (χ0v) is 21.4. The summed E-state index contributed by atoms with van der Waals surface area (Å²) in [4.78, 5) is 36.7. The zero-order chi connectivity index (χ0) is 25.2. The first kappa shape index (κ1) is 24.5. The van der Waals surface area contributed by atoms with Crippen molar-refractivity contribution >= 4 is 34.8 Å². The van der Waals surface area contributed by atoms with Crippen molar-refractivity contribution in [3.63, 3.8) is 0 Å². The van der Waals surface area contributed by atoms with Gasteiger partial charge in [-0.3, -0.25) is 9.59 Å². The van der Waals surface area contributed by atoms with Crippen molar-refractivity contribution in [2.24, 2.45) is 0 Å². The second-order valence-electron chi connectivity index (χ2n) is 10.1. The number of fused-ring (bicyclic) bond motifs is 1. The number of piperidine rings is 1. The summed E-state index contributed by atoms with van der Waals surface area (Å²) >= 11 is 0. The van der Waals surface area contributed by atoms with Gasteiger partial charge in [-0.25, -0.2) is 4.98 Å². The Labute approximate surface area is 212 Å². The molecule has 9 heteroatoms. The van der Waals surface area contributed by atoms with E-state index >= 15 is 0 Å². The molecule has 5 rings (SSSR count). The van der Waals surface area contributed by atoms with E-state index in [0.29, 0.717) is 24.6 Å². The highest BCUT2D eigenvalue weighted by Crippen LogP contribution is 2.38. The van der Waals surface area contributed by atoms with E-state index in [1.54, 1.807) is 4.90 Å². The number of amides is 2. The van der Waals surface area contributed by atoms with Crippen molar-refractivity contribution in [2.75, 3.05) is 55.5 Å². The number of anilines is 4. The molecule has 2 amide bonds. The van der Waals surface area contributed by atoms with Crippen molar-refractivity contribution in [2.45, 2.75) is 50.7 Å². The summed E-state index contributed by atoms with van der Waals surface area (Å²) in [5.74, 6) is 1.56. The molecule has 36 heavy (non-hydrogen) atoms. The van der Waals surface area contributed by atoms with E-state index in [9.17, 15) is 9.59 Å². The number of hydrogen-bond acceptors (Lipinski definition) is 7. The van der Waals surface area contributed by atoms with Crippen molar-refractivity contribution in [1.82, 2.24) is 15.2 Å². The normalized spacial score (nSPS) is 21.9. The molecule has 0 unspecified atom stereocenters. The van der Waals surface area contributed by atoms with Gasteiger partial charge >= 0.3 is 0 Å². The highest BCUT2D eigenvalue weighted by molar-refractivity contribution is 6.04. The molecule has 1 aromatic carbocycles. The molecule has 192 valence electrons. The molecule has 0 saturated carbocycles. The summed E-state index contributed by atoms with van der Waals surface area (Å²) < 4.78 is 5.55. The van der Waals surface area contributed by atoms with Crippen LogP contribution in [-0.4, -0.2) is 80.2 Å². The minimum atomic E-state index is -0.282. The van der Waals surface area contributed by atoms with Gasteiger partial charge in [0.25, 0.3) is 5.91 Å². The number of ether oxygens (including phenoxy) is 1. The zero-order valence-electron chi connectivity index (χ0n) is 21.4. The van der Waals surface area contributed by atoms with E-state index in [1.165, 1.54) is 0 Å². The molecule has 2 aromatic rings. The number of nitrogens with zero attached hydrogens (tertiary/aromatic N) is 4. The minimum absolute atomic E-state index is 0.0307. The van der Waals surface area contributed by atoms with E-state index in [2.05, 4.69) is 27.5 Å². The van der Waals surface area contributed by atoms with E-state index in [4.69, 9.17) is 9.72 Å². The Hall–Kier alpha value is -3.17. The topological polar surface area (TPSA) is 90.0 Å². The molecule has 1 atom stereocenters. The van der Waals surface area contributed by atoms with Gasteiger partial charge < -0.3 is 30.1 Å². The molecule has 1 aromatic heterocycles. The third-order valence-electron chi connectivity index (χ3n) is 7.62. The number of carbonyl (C=O) groups is 2. The van der Waals surface area contributed by atoms with Gasteiger partial charge in [-0.2, -0.15) is 0 Å². The molecule has 4 heterocycles. The molecular formula is C27H36N6O3. The highest BCUT2D eigenvalue weighted by Gasteiger charge is 2.39. The lowest BCUT2D eigenvalue weighted by Crippen LogP contribution is -2.56. The Kier molecular flexibility index (Phi) is 7.11. The predicted molar refractivity (Wildman–Crippen MR) is 141 cm³/mol. The van der Waals surface area contributed by atoms with Crippen LogP contribution in [-0.2, 0) is 9.53 Å². The molecule has 2 saturated heterocycles. The average molecular weight is 493 g/mol. The summed E-state index contributed by atoms with van der Waals surface area (Å²) in [5.41, 5.74) is 2.32. The maximum Gasteiger partial charge on any atom is 0.251 e. The molecule has 2 N–H and O–H groups in total. The summed E-state index contributed by atoms with van der Waals surface area (Å²) in [5, 5.41) is 6.53. The highest BCUT2D eigenvalue weighted by atomic mass is 16.5. The molecule has 9 nitrogen and oxygen atoms in total. The minimum Gasteiger partial charge on any atom is -0.381 e. The van der Waals surface area contributed by atoms with E-state index in [1.807, 2.05) is 50.4 Å². The largest absolute Gasteiger partial charge is 0.381 e. The third kappa shape index (κ3) is 5.03. The van der Waals surface area contributed by atoms with E-state index < -0.39 is 0 Å². The second-order valence-corrected chi connectivity index (χ2v) is 10.1. The van der Waals surface area contributed by atoms with E-state index in [-0.39, 0.29) is 29.9 Å². The van der Waals surface area contributed by atoms with Crippen molar-refractivity contribution in [3.8, 4) is 0 Å². The van der Waals surface area contributed by atoms with Crippen LogP contribution in [0.4, 0.5) is 23.0 Å². The van der Waals surface area contributed by atoms with Crippen molar-refractivity contribution < 1.29 is 14.3 Å². The Morgan fingerprint density at radius 1 is 1.00 bits per heavy atom. The van der Waals surface area contributed by atoms with Crippen LogP contribution in [0.1, 0.15) is 43.0 Å². The fraction of sp³-hybridized carbons (Fsp3) is 0.519. The molecular weight excluding hydrogens is 456 g/mol. The molecule has 2 fully saturated rings. The Bertz CT molecular complexity index is 1090. The van der Waals surface area contributed by atoms with Crippen LogP contribution < -0.4 is 20.4 Å². The molecule has 0 radical (unpaired) electrons. The monoisotopic (exact) mass is 492 g/mol. The SMILES string of the molecule is C[C@@H]1C(=O)N(C)c2ccc(Nc3ccc(C(=O)NC4CCN(C)CC4)cc3)nc2N1C1CCOCC1. The fourth-order valence-electron chi connectivity index (χ4n) is 5.39. The molecule has 0 aliphatic carbocycles. The molecule has 3 aliphatic heterocycles. The van der Waals surface area contributed by atoms with Crippen LogP contribution in [0.2, 0.25) is 0 Å². The number of nitrogens with one attached hydrogen (secondary N) is 2. The number of carbonyl (C=O) groups excluding carboxylic acids is 2. The van der Waals surface area contributed by atoms with Gasteiger partial charge in [0, 0.05) is 43.6 Å². The first-order valence-electron chi connectivity index (χ1n) is 12.9. The fourth-order valence-corrected chi connectivity index (χ4v) is 5.39. The smallest absolute Gasteiger partial charge is 0.251 e. The number of likely N-dealkylation sites (N-methyl/N-ethyl adjacent to an activating group) is 1. The summed E-state index contributed by atoms with van der Waals surface area (Å²) in [6, 6.07) is 11.5. The molecule has 0 spiro atoms. The third-order valence-corrected chi connectivity index (χ3v) is 7.62. The molecule has 3 aliphatic rings. The first-order chi connectivity index (χ1) is 17.4. The number of aromatic nitrogens is 1. The van der Waals surface area contributed by atoms with Gasteiger partial charge in [0.15, 0.2) is 5.82 Å². The van der Waals surface area contributed by atoms with Crippen LogP contribution >= 0.6 is 0 Å². The number of benzene rings is 1. The molecule has 0 bridgehead atoms. The van der Waals surface area contributed by atoms with Gasteiger partial charge in [0.2, 0.25) is 5.91 Å². The maximum atomic E-state index is 12.9. The summed E-state index contributed by atoms with van der Waals surface area (Å²) in [7, 11) is 3.92. The van der Waals surface area contributed by atoms with Crippen LogP contribution in [0.5, 0.6) is 0 Å². The number of likely N-dealkylation sites (tertiary alicyclic amines) is 1. The lowest BCUT2D eigenvalue weighted by Gasteiger charge is -2.44. The van der Waals surface area contributed by atoms with Gasteiger partial charge in [-0.1, -0.05) is 0 Å². The number of pyridine rings is 1. The van der Waals surface area contributed by atoms with Crippen LogP contribution in [0, 0.1) is 0 Å². The first-order valence-corrected chi connectivity index (χ1v) is 12.9. The predicted octanol–water partition coefficient (Wildman–Crippen LogP) is 3.00. The van der Waals surface area contributed by atoms with E-state index in [0.717, 1.165) is 56.0 Å². The van der Waals surface area contributed by atoms with Gasteiger partial charge in [0.05, 0.1) is 5.69 Å². The van der Waals surface area contributed by atoms with Crippen LogP contribution in [0.3, 0.4) is 0 Å². The lowest BCUT2D eigenvalue weighted by atomic mass is 10.0. The Balaban J connectivity index is 1.30. The van der Waals surface area contributed by atoms with Crippen LogP contribution in [0.25, 0.3) is 0 Å². The lowest BCUT2D eigenvalue weighted by molar-refractivity contribution is -0.119. The van der Waals surface area contributed by atoms with Gasteiger partial charge in [-0.05, 0) is 89.1 Å². The Morgan fingerprint density at radius 2 is 1.69 bits per heavy atom. The van der Waals surface area contributed by atoms with Crippen LogP contribution in [0.15, 0.2) is 36.4 Å². The number of rotatable bonds is 5. The maximum absolute atomic E-state index is 12.9. The second kappa shape index (κ2) is 10.4. The quantitative estimate of drug-likeness (QED) is 0.663. The summed E-state index contributed by atoms with van der Waals surface area (Å²) in [6.07, 6.45) is 3.72. The van der Waals surface area contributed by atoms with Gasteiger partial charge in [0.1, 0.15) is 11.9 Å². The Morgan fingerprint density at radius 3 is 2.39 bits per heavy atom. The average Bonchev–Trinajstić information content (AvgIpc) is 2.90. The van der Waals surface area contributed by atoms with Crippen molar-refractivity contribution in [1.29, 1.82) is 0 Å². The van der Waals surface area contributed by atoms with Crippen molar-refractivity contribution in [3.05, 3.63) is 42.0 Å².